The quantitative estimate of drug-likeness (QED) is 0.697. The number of hydrogen-bond donors (Lipinski definition) is 2. The van der Waals surface area contributed by atoms with Crippen LogP contribution in [-0.4, -0.2) is 29.4 Å². The Morgan fingerprint density at radius 1 is 1.12 bits per heavy atom. The molecule has 0 saturated heterocycles. The molecule has 0 saturated carbocycles. The first kappa shape index (κ1) is 20.1. The van der Waals surface area contributed by atoms with E-state index >= 15 is 0 Å². The van der Waals surface area contributed by atoms with Crippen molar-refractivity contribution in [1.29, 1.82) is 0 Å². The van der Waals surface area contributed by atoms with Crippen LogP contribution in [0.4, 0.5) is 11.4 Å². The molecular weight excluding hydrogens is 372 g/mol. The number of rotatable bonds is 8. The summed E-state index contributed by atoms with van der Waals surface area (Å²) in [4.78, 5) is 24.3. The van der Waals surface area contributed by atoms with E-state index in [0.717, 1.165) is 0 Å². The fourth-order valence-corrected chi connectivity index (χ4v) is 2.90. The standard InChI is InChI=1S/C19H21ClN2O3S/c1-3-25-17-7-5-4-6-16(17)22-19(24)13(2)26-12-18(23)21-15-10-8-14(20)9-11-15/h4-11,13H,3,12H2,1-2H3,(H,21,23)(H,22,24). The SMILES string of the molecule is CCOc1ccccc1NC(=O)C(C)SCC(=O)Nc1ccc(Cl)cc1. The van der Waals surface area contributed by atoms with Crippen LogP contribution in [0.15, 0.2) is 48.5 Å². The number of para-hydroxylation sites is 2. The monoisotopic (exact) mass is 392 g/mol. The second kappa shape index (κ2) is 10.1. The number of carbonyl (C=O) groups excluding carboxylic acids is 2. The van der Waals surface area contributed by atoms with Crippen LogP contribution >= 0.6 is 23.4 Å². The van der Waals surface area contributed by atoms with E-state index in [4.69, 9.17) is 16.3 Å². The Kier molecular flexibility index (Phi) is 7.81. The molecule has 0 aliphatic rings. The van der Waals surface area contributed by atoms with Gasteiger partial charge in [0.1, 0.15) is 5.75 Å². The highest BCUT2D eigenvalue weighted by Gasteiger charge is 2.17. The molecule has 7 heteroatoms. The van der Waals surface area contributed by atoms with Crippen LogP contribution in [0.1, 0.15) is 13.8 Å². The molecule has 0 fully saturated rings. The van der Waals surface area contributed by atoms with Crippen LogP contribution in [0, 0.1) is 0 Å². The van der Waals surface area contributed by atoms with Crippen molar-refractivity contribution in [2.75, 3.05) is 23.0 Å². The van der Waals surface area contributed by atoms with Crippen molar-refractivity contribution in [3.63, 3.8) is 0 Å². The lowest BCUT2D eigenvalue weighted by molar-refractivity contribution is -0.115. The lowest BCUT2D eigenvalue weighted by Gasteiger charge is -2.14. The van der Waals surface area contributed by atoms with Crippen molar-refractivity contribution in [1.82, 2.24) is 0 Å². The smallest absolute Gasteiger partial charge is 0.237 e. The summed E-state index contributed by atoms with van der Waals surface area (Å²) in [5.41, 5.74) is 1.29. The van der Waals surface area contributed by atoms with E-state index in [-0.39, 0.29) is 22.8 Å². The summed E-state index contributed by atoms with van der Waals surface area (Å²) in [5.74, 6) is 0.443. The predicted molar refractivity (Wildman–Crippen MR) is 108 cm³/mol. The number of carbonyl (C=O) groups is 2. The van der Waals surface area contributed by atoms with E-state index in [9.17, 15) is 9.59 Å². The van der Waals surface area contributed by atoms with Crippen molar-refractivity contribution in [2.24, 2.45) is 0 Å². The summed E-state index contributed by atoms with van der Waals surface area (Å²) in [5, 5.41) is 5.83. The number of hydrogen-bond acceptors (Lipinski definition) is 4. The van der Waals surface area contributed by atoms with Gasteiger partial charge >= 0.3 is 0 Å². The Morgan fingerprint density at radius 2 is 1.81 bits per heavy atom. The van der Waals surface area contributed by atoms with Crippen LogP contribution < -0.4 is 15.4 Å². The van der Waals surface area contributed by atoms with Gasteiger partial charge in [0.05, 0.1) is 23.3 Å². The first-order chi connectivity index (χ1) is 12.5. The minimum Gasteiger partial charge on any atom is -0.492 e. The third-order valence-corrected chi connectivity index (χ3v) is 4.80. The van der Waals surface area contributed by atoms with E-state index in [1.165, 1.54) is 11.8 Å². The van der Waals surface area contributed by atoms with Gasteiger partial charge in [0.25, 0.3) is 0 Å². The normalized spacial score (nSPS) is 11.5. The van der Waals surface area contributed by atoms with Crippen molar-refractivity contribution >= 4 is 46.6 Å². The van der Waals surface area contributed by atoms with Crippen molar-refractivity contribution in [2.45, 2.75) is 19.1 Å². The minimum absolute atomic E-state index is 0.171. The number of halogens is 1. The molecule has 0 bridgehead atoms. The number of ether oxygens (including phenoxy) is 1. The summed E-state index contributed by atoms with van der Waals surface area (Å²) in [6, 6.07) is 14.1. The van der Waals surface area contributed by atoms with Gasteiger partial charge in [-0.3, -0.25) is 9.59 Å². The molecule has 138 valence electrons. The minimum atomic E-state index is -0.388. The van der Waals surface area contributed by atoms with Gasteiger partial charge in [-0.25, -0.2) is 0 Å². The number of anilines is 2. The third kappa shape index (κ3) is 6.28. The van der Waals surface area contributed by atoms with Crippen molar-refractivity contribution < 1.29 is 14.3 Å². The number of amides is 2. The Balaban J connectivity index is 1.83. The van der Waals surface area contributed by atoms with E-state index in [1.807, 2.05) is 19.1 Å². The zero-order valence-corrected chi connectivity index (χ0v) is 16.2. The highest BCUT2D eigenvalue weighted by molar-refractivity contribution is 8.01. The molecule has 2 aromatic rings. The lowest BCUT2D eigenvalue weighted by atomic mass is 10.3. The van der Waals surface area contributed by atoms with Crippen LogP contribution in [0.5, 0.6) is 5.75 Å². The Bertz CT molecular complexity index is 753. The molecule has 26 heavy (non-hydrogen) atoms. The van der Waals surface area contributed by atoms with Gasteiger partial charge in [-0.2, -0.15) is 0 Å². The fraction of sp³-hybridized carbons (Fsp3) is 0.263. The Labute approximate surface area is 162 Å². The lowest BCUT2D eigenvalue weighted by Crippen LogP contribution is -2.25. The molecule has 1 unspecified atom stereocenters. The van der Waals surface area contributed by atoms with Crippen LogP contribution in [0.25, 0.3) is 0 Å². The number of nitrogens with one attached hydrogen (secondary N) is 2. The zero-order chi connectivity index (χ0) is 18.9. The second-order valence-electron chi connectivity index (χ2n) is 5.43. The highest BCUT2D eigenvalue weighted by atomic mass is 35.5. The fourth-order valence-electron chi connectivity index (χ4n) is 2.09. The van der Waals surface area contributed by atoms with Crippen LogP contribution in [0.2, 0.25) is 5.02 Å². The maximum Gasteiger partial charge on any atom is 0.237 e. The largest absolute Gasteiger partial charge is 0.492 e. The summed E-state index contributed by atoms with van der Waals surface area (Å²) < 4.78 is 5.50. The Morgan fingerprint density at radius 3 is 2.50 bits per heavy atom. The molecule has 1 atom stereocenters. The summed E-state index contributed by atoms with van der Waals surface area (Å²) in [6.45, 7) is 4.16. The Hall–Kier alpha value is -2.18. The molecule has 0 aliphatic heterocycles. The number of thioether (sulfide) groups is 1. The molecule has 5 nitrogen and oxygen atoms in total. The molecule has 0 radical (unpaired) electrons. The van der Waals surface area contributed by atoms with E-state index < -0.39 is 0 Å². The second-order valence-corrected chi connectivity index (χ2v) is 7.19. The molecule has 2 N–H and O–H groups in total. The summed E-state index contributed by atoms with van der Waals surface area (Å²) >= 11 is 7.08. The van der Waals surface area contributed by atoms with Gasteiger partial charge in [-0.05, 0) is 50.2 Å². The van der Waals surface area contributed by atoms with E-state index in [2.05, 4.69) is 10.6 Å². The number of benzene rings is 2. The third-order valence-electron chi connectivity index (χ3n) is 3.41. The highest BCUT2D eigenvalue weighted by Crippen LogP contribution is 2.25. The summed E-state index contributed by atoms with van der Waals surface area (Å²) in [7, 11) is 0. The van der Waals surface area contributed by atoms with Gasteiger partial charge in [0.2, 0.25) is 11.8 Å². The molecule has 0 heterocycles. The maximum atomic E-state index is 12.3. The van der Waals surface area contributed by atoms with Gasteiger partial charge in [-0.1, -0.05) is 23.7 Å². The molecule has 2 aromatic carbocycles. The molecule has 0 spiro atoms. The zero-order valence-electron chi connectivity index (χ0n) is 14.6. The van der Waals surface area contributed by atoms with Crippen LogP contribution in [0.3, 0.4) is 0 Å². The van der Waals surface area contributed by atoms with Gasteiger partial charge < -0.3 is 15.4 Å². The van der Waals surface area contributed by atoms with E-state index in [1.54, 1.807) is 43.3 Å². The molecule has 0 aliphatic carbocycles. The molecule has 2 amide bonds. The summed E-state index contributed by atoms with van der Waals surface area (Å²) in [6.07, 6.45) is 0. The van der Waals surface area contributed by atoms with Crippen molar-refractivity contribution in [3.8, 4) is 5.75 Å². The average molecular weight is 393 g/mol. The molecular formula is C19H21ClN2O3S. The van der Waals surface area contributed by atoms with Gasteiger partial charge in [0.15, 0.2) is 0 Å². The predicted octanol–water partition coefficient (Wildman–Crippen LogP) is 4.44. The maximum absolute atomic E-state index is 12.3. The first-order valence-corrected chi connectivity index (χ1v) is 9.62. The van der Waals surface area contributed by atoms with Crippen LogP contribution in [-0.2, 0) is 9.59 Å². The molecule has 0 aromatic heterocycles. The van der Waals surface area contributed by atoms with E-state index in [0.29, 0.717) is 28.8 Å². The van der Waals surface area contributed by atoms with Crippen molar-refractivity contribution in [3.05, 3.63) is 53.6 Å². The van der Waals surface area contributed by atoms with Gasteiger partial charge in [0, 0.05) is 10.7 Å². The average Bonchev–Trinajstić information content (AvgIpc) is 2.63. The topological polar surface area (TPSA) is 67.4 Å². The molecule has 2 rings (SSSR count). The first-order valence-electron chi connectivity index (χ1n) is 8.19. The van der Waals surface area contributed by atoms with Gasteiger partial charge in [-0.15, -0.1) is 11.8 Å².